The molecular weight excluding hydrogens is 329 g/mol. The molecule has 0 bridgehead atoms. The Bertz CT molecular complexity index is 206. The maximum absolute atomic E-state index is 5.00. The van der Waals surface area contributed by atoms with Crippen LogP contribution in [0.2, 0.25) is 0 Å². The molecule has 2 N–H and O–H groups in total. The number of nitrogens with one attached hydrogen (secondary N) is 2. The van der Waals surface area contributed by atoms with Crippen molar-refractivity contribution < 1.29 is 4.74 Å². The van der Waals surface area contributed by atoms with E-state index in [2.05, 4.69) is 22.5 Å². The van der Waals surface area contributed by atoms with Gasteiger partial charge in [-0.3, -0.25) is 4.99 Å². The van der Waals surface area contributed by atoms with Crippen LogP contribution >= 0.6 is 24.0 Å². The van der Waals surface area contributed by atoms with Crippen LogP contribution in [0.4, 0.5) is 0 Å². The maximum atomic E-state index is 5.00. The summed E-state index contributed by atoms with van der Waals surface area (Å²) in [4.78, 5) is 4.47. The van der Waals surface area contributed by atoms with E-state index in [1.54, 1.807) is 7.11 Å². The molecule has 4 nitrogen and oxygen atoms in total. The van der Waals surface area contributed by atoms with E-state index in [0.29, 0.717) is 12.6 Å². The molecule has 0 amide bonds. The Kier molecular flexibility index (Phi) is 11.0. The second-order valence-electron chi connectivity index (χ2n) is 4.23. The van der Waals surface area contributed by atoms with Gasteiger partial charge in [-0.1, -0.05) is 19.3 Å². The molecule has 17 heavy (non-hydrogen) atoms. The molecule has 0 aromatic carbocycles. The SMILES string of the molecule is CCNC(=NCCOC)NC1CCCCC1.I. The highest BCUT2D eigenvalue weighted by Crippen LogP contribution is 2.17. The number of ether oxygens (including phenoxy) is 1. The summed E-state index contributed by atoms with van der Waals surface area (Å²) >= 11 is 0. The molecule has 1 saturated carbocycles. The molecule has 1 fully saturated rings. The van der Waals surface area contributed by atoms with Gasteiger partial charge in [0.15, 0.2) is 5.96 Å². The number of rotatable bonds is 5. The smallest absolute Gasteiger partial charge is 0.191 e. The van der Waals surface area contributed by atoms with Gasteiger partial charge in [0, 0.05) is 19.7 Å². The first-order valence-corrected chi connectivity index (χ1v) is 6.40. The molecule has 0 unspecified atom stereocenters. The van der Waals surface area contributed by atoms with Crippen LogP contribution in [0.1, 0.15) is 39.0 Å². The van der Waals surface area contributed by atoms with Gasteiger partial charge in [-0.05, 0) is 19.8 Å². The third-order valence-electron chi connectivity index (χ3n) is 2.86. The Morgan fingerprint density at radius 3 is 2.59 bits per heavy atom. The van der Waals surface area contributed by atoms with E-state index in [1.165, 1.54) is 32.1 Å². The molecule has 5 heteroatoms. The van der Waals surface area contributed by atoms with E-state index in [4.69, 9.17) is 4.74 Å². The van der Waals surface area contributed by atoms with E-state index < -0.39 is 0 Å². The number of methoxy groups -OCH3 is 1. The molecule has 0 radical (unpaired) electrons. The van der Waals surface area contributed by atoms with E-state index >= 15 is 0 Å². The molecule has 0 spiro atoms. The van der Waals surface area contributed by atoms with Crippen molar-refractivity contribution in [2.24, 2.45) is 4.99 Å². The minimum atomic E-state index is 0. The summed E-state index contributed by atoms with van der Waals surface area (Å²) in [5.41, 5.74) is 0. The average Bonchev–Trinajstić information content (AvgIpc) is 2.31. The van der Waals surface area contributed by atoms with Crippen molar-refractivity contribution in [2.75, 3.05) is 26.8 Å². The van der Waals surface area contributed by atoms with E-state index in [-0.39, 0.29) is 24.0 Å². The Hall–Kier alpha value is -0.0400. The van der Waals surface area contributed by atoms with Gasteiger partial charge in [-0.25, -0.2) is 0 Å². The third kappa shape index (κ3) is 7.81. The quantitative estimate of drug-likeness (QED) is 0.344. The van der Waals surface area contributed by atoms with E-state index in [0.717, 1.165) is 19.0 Å². The van der Waals surface area contributed by atoms with Crippen molar-refractivity contribution in [3.63, 3.8) is 0 Å². The van der Waals surface area contributed by atoms with Crippen LogP contribution in [0.3, 0.4) is 0 Å². The van der Waals surface area contributed by atoms with Crippen LogP contribution in [-0.4, -0.2) is 38.8 Å². The summed E-state index contributed by atoms with van der Waals surface area (Å²) in [6, 6.07) is 0.606. The van der Waals surface area contributed by atoms with Crippen molar-refractivity contribution in [2.45, 2.75) is 45.1 Å². The van der Waals surface area contributed by atoms with Crippen LogP contribution < -0.4 is 10.6 Å². The second-order valence-corrected chi connectivity index (χ2v) is 4.23. The molecule has 0 saturated heterocycles. The molecule has 0 heterocycles. The fourth-order valence-corrected chi connectivity index (χ4v) is 2.01. The standard InChI is InChI=1S/C12H25N3O.HI/c1-3-13-12(14-9-10-16-2)15-11-7-5-4-6-8-11;/h11H,3-10H2,1-2H3,(H2,13,14,15);1H. The summed E-state index contributed by atoms with van der Waals surface area (Å²) in [6.07, 6.45) is 6.61. The number of hydrogen-bond donors (Lipinski definition) is 2. The number of hydrogen-bond acceptors (Lipinski definition) is 2. The largest absolute Gasteiger partial charge is 0.383 e. The number of guanidine groups is 1. The van der Waals surface area contributed by atoms with Crippen LogP contribution in [0.5, 0.6) is 0 Å². The van der Waals surface area contributed by atoms with Crippen molar-refractivity contribution >= 4 is 29.9 Å². The van der Waals surface area contributed by atoms with Gasteiger partial charge in [-0.15, -0.1) is 24.0 Å². The zero-order valence-electron chi connectivity index (χ0n) is 11.0. The fraction of sp³-hybridized carbons (Fsp3) is 0.917. The molecule has 102 valence electrons. The lowest BCUT2D eigenvalue weighted by Gasteiger charge is -2.24. The highest BCUT2D eigenvalue weighted by Gasteiger charge is 2.13. The van der Waals surface area contributed by atoms with Crippen LogP contribution in [-0.2, 0) is 4.74 Å². The molecule has 0 aromatic rings. The molecule has 0 aliphatic heterocycles. The Labute approximate surface area is 122 Å². The molecular formula is C12H26IN3O. The van der Waals surface area contributed by atoms with Gasteiger partial charge in [-0.2, -0.15) is 0 Å². The molecule has 0 atom stereocenters. The lowest BCUT2D eigenvalue weighted by molar-refractivity contribution is 0.207. The normalized spacial score (nSPS) is 17.4. The van der Waals surface area contributed by atoms with Gasteiger partial charge in [0.25, 0.3) is 0 Å². The predicted octanol–water partition coefficient (Wildman–Crippen LogP) is 2.14. The first-order valence-electron chi connectivity index (χ1n) is 6.40. The van der Waals surface area contributed by atoms with Crippen LogP contribution in [0.15, 0.2) is 4.99 Å². The highest BCUT2D eigenvalue weighted by molar-refractivity contribution is 14.0. The first kappa shape index (κ1) is 17.0. The molecule has 0 aromatic heterocycles. The zero-order chi connectivity index (χ0) is 11.6. The van der Waals surface area contributed by atoms with Crippen LogP contribution in [0, 0.1) is 0 Å². The van der Waals surface area contributed by atoms with Gasteiger partial charge in [0.05, 0.1) is 13.2 Å². The first-order chi connectivity index (χ1) is 7.86. The topological polar surface area (TPSA) is 45.7 Å². The third-order valence-corrected chi connectivity index (χ3v) is 2.86. The summed E-state index contributed by atoms with van der Waals surface area (Å²) < 4.78 is 5.00. The summed E-state index contributed by atoms with van der Waals surface area (Å²) in [6.45, 7) is 4.40. The Morgan fingerprint density at radius 1 is 1.29 bits per heavy atom. The van der Waals surface area contributed by atoms with Crippen molar-refractivity contribution in [1.82, 2.24) is 10.6 Å². The Morgan fingerprint density at radius 2 is 2.00 bits per heavy atom. The predicted molar refractivity (Wildman–Crippen MR) is 83.3 cm³/mol. The maximum Gasteiger partial charge on any atom is 0.191 e. The van der Waals surface area contributed by atoms with E-state index in [1.807, 2.05) is 0 Å². The molecule has 1 rings (SSSR count). The monoisotopic (exact) mass is 355 g/mol. The van der Waals surface area contributed by atoms with E-state index in [9.17, 15) is 0 Å². The van der Waals surface area contributed by atoms with Crippen molar-refractivity contribution in [3.8, 4) is 0 Å². The Balaban J connectivity index is 0.00000256. The molecule has 1 aliphatic rings. The minimum absolute atomic E-state index is 0. The number of aliphatic imine (C=N–C) groups is 1. The lowest BCUT2D eigenvalue weighted by Crippen LogP contribution is -2.44. The van der Waals surface area contributed by atoms with Gasteiger partial charge >= 0.3 is 0 Å². The van der Waals surface area contributed by atoms with Gasteiger partial charge < -0.3 is 15.4 Å². The van der Waals surface area contributed by atoms with Crippen molar-refractivity contribution in [1.29, 1.82) is 0 Å². The summed E-state index contributed by atoms with van der Waals surface area (Å²) in [7, 11) is 1.71. The summed E-state index contributed by atoms with van der Waals surface area (Å²) in [5.74, 6) is 0.937. The molecule has 1 aliphatic carbocycles. The fourth-order valence-electron chi connectivity index (χ4n) is 2.01. The van der Waals surface area contributed by atoms with Gasteiger partial charge in [0.2, 0.25) is 0 Å². The average molecular weight is 355 g/mol. The summed E-state index contributed by atoms with van der Waals surface area (Å²) in [5, 5.41) is 6.77. The highest BCUT2D eigenvalue weighted by atomic mass is 127. The minimum Gasteiger partial charge on any atom is -0.383 e. The van der Waals surface area contributed by atoms with Gasteiger partial charge in [0.1, 0.15) is 0 Å². The lowest BCUT2D eigenvalue weighted by atomic mass is 9.96. The second kappa shape index (κ2) is 11.1. The zero-order valence-corrected chi connectivity index (χ0v) is 13.3. The number of nitrogens with zero attached hydrogens (tertiary/aromatic N) is 1. The number of halogens is 1. The van der Waals surface area contributed by atoms with Crippen molar-refractivity contribution in [3.05, 3.63) is 0 Å². The van der Waals surface area contributed by atoms with Crippen LogP contribution in [0.25, 0.3) is 0 Å².